The summed E-state index contributed by atoms with van der Waals surface area (Å²) in [5.74, 6) is 0.00471. The highest BCUT2D eigenvalue weighted by molar-refractivity contribution is 6.17. The molecule has 0 aliphatic carbocycles. The summed E-state index contributed by atoms with van der Waals surface area (Å²) in [5.41, 5.74) is 0.297. The number of rotatable bonds is 5. The van der Waals surface area contributed by atoms with Crippen molar-refractivity contribution in [2.45, 2.75) is 12.8 Å². The molecule has 106 valence electrons. The fourth-order valence-electron chi connectivity index (χ4n) is 1.11. The highest BCUT2D eigenvalue weighted by Crippen LogP contribution is 2.23. The molecular weight excluding hydrogens is 287 g/mol. The zero-order valence-corrected chi connectivity index (χ0v) is 10.4. The highest BCUT2D eigenvalue weighted by Gasteiger charge is 2.30. The van der Waals surface area contributed by atoms with Gasteiger partial charge in [0.15, 0.2) is 0 Å². The second-order valence-electron chi connectivity index (χ2n) is 3.38. The molecule has 1 rings (SSSR count). The van der Waals surface area contributed by atoms with Crippen LogP contribution in [-0.2, 0) is 4.74 Å². The Morgan fingerprint density at radius 2 is 1.89 bits per heavy atom. The molecule has 0 heterocycles. The van der Waals surface area contributed by atoms with E-state index in [1.165, 1.54) is 12.1 Å². The van der Waals surface area contributed by atoms with Gasteiger partial charge in [-0.2, -0.15) is 0 Å². The molecule has 1 aromatic carbocycles. The molecule has 0 bridgehead atoms. The van der Waals surface area contributed by atoms with Crippen LogP contribution in [0.4, 0.5) is 23.7 Å². The third kappa shape index (κ3) is 6.76. The van der Waals surface area contributed by atoms with E-state index in [0.29, 0.717) is 18.0 Å². The predicted octanol–water partition coefficient (Wildman–Crippen LogP) is 3.76. The quantitative estimate of drug-likeness (QED) is 0.665. The third-order valence-electron chi connectivity index (χ3n) is 1.85. The van der Waals surface area contributed by atoms with Crippen molar-refractivity contribution in [1.82, 2.24) is 0 Å². The normalized spacial score (nSPS) is 10.9. The van der Waals surface area contributed by atoms with Crippen LogP contribution in [0.5, 0.6) is 5.75 Å². The lowest BCUT2D eigenvalue weighted by Crippen LogP contribution is -2.17. The number of carbonyl (C=O) groups excluding carboxylic acids is 1. The van der Waals surface area contributed by atoms with Gasteiger partial charge in [-0.3, -0.25) is 5.32 Å². The van der Waals surface area contributed by atoms with Gasteiger partial charge in [-0.25, -0.2) is 4.79 Å². The number of carbonyl (C=O) groups is 1. The van der Waals surface area contributed by atoms with Crippen LogP contribution in [0.1, 0.15) is 6.42 Å². The molecule has 0 saturated carbocycles. The first-order valence-corrected chi connectivity index (χ1v) is 5.80. The molecule has 0 aromatic heterocycles. The van der Waals surface area contributed by atoms with Crippen LogP contribution in [0, 0.1) is 0 Å². The Bertz CT molecular complexity index is 409. The first kappa shape index (κ1) is 15.4. The first-order valence-electron chi connectivity index (χ1n) is 5.26. The molecule has 0 atom stereocenters. The molecule has 8 heteroatoms. The molecule has 0 aliphatic rings. The first-order chi connectivity index (χ1) is 8.90. The summed E-state index contributed by atoms with van der Waals surface area (Å²) in [6, 6.07) is 4.71. The monoisotopic (exact) mass is 297 g/mol. The number of halogens is 4. The van der Waals surface area contributed by atoms with Crippen molar-refractivity contribution in [3.63, 3.8) is 0 Å². The van der Waals surface area contributed by atoms with Gasteiger partial charge >= 0.3 is 12.5 Å². The molecule has 1 amide bonds. The maximum atomic E-state index is 11.9. The second-order valence-corrected chi connectivity index (χ2v) is 3.75. The largest absolute Gasteiger partial charge is 0.573 e. The smallest absolute Gasteiger partial charge is 0.449 e. The highest BCUT2D eigenvalue weighted by atomic mass is 35.5. The van der Waals surface area contributed by atoms with Crippen molar-refractivity contribution in [1.29, 1.82) is 0 Å². The predicted molar refractivity (Wildman–Crippen MR) is 63.4 cm³/mol. The van der Waals surface area contributed by atoms with Crippen molar-refractivity contribution >= 4 is 23.4 Å². The van der Waals surface area contributed by atoms with Crippen LogP contribution in [0.2, 0.25) is 0 Å². The average molecular weight is 298 g/mol. The van der Waals surface area contributed by atoms with E-state index in [0.717, 1.165) is 12.1 Å². The van der Waals surface area contributed by atoms with Gasteiger partial charge in [-0.05, 0) is 30.7 Å². The third-order valence-corrected chi connectivity index (χ3v) is 2.11. The van der Waals surface area contributed by atoms with Gasteiger partial charge in [0.2, 0.25) is 0 Å². The zero-order chi connectivity index (χ0) is 14.3. The van der Waals surface area contributed by atoms with Gasteiger partial charge in [-0.1, -0.05) is 0 Å². The summed E-state index contributed by atoms with van der Waals surface area (Å²) in [7, 11) is 0. The molecule has 1 aromatic rings. The Morgan fingerprint density at radius 1 is 1.26 bits per heavy atom. The minimum atomic E-state index is -4.74. The standard InChI is InChI=1S/C11H11ClF3NO3/c12-6-1-7-18-10(17)16-8-2-4-9(5-3-8)19-11(13,14)15/h2-5H,1,6-7H2,(H,16,17). The molecule has 4 nitrogen and oxygen atoms in total. The summed E-state index contributed by atoms with van der Waals surface area (Å²) in [6.45, 7) is 0.171. The van der Waals surface area contributed by atoms with Crippen LogP contribution in [0.15, 0.2) is 24.3 Å². The summed E-state index contributed by atoms with van der Waals surface area (Å²) in [4.78, 5) is 11.2. The van der Waals surface area contributed by atoms with Gasteiger partial charge in [0.25, 0.3) is 0 Å². The van der Waals surface area contributed by atoms with Crippen LogP contribution in [-0.4, -0.2) is 24.9 Å². The van der Waals surface area contributed by atoms with Gasteiger partial charge in [0.05, 0.1) is 6.61 Å². The minimum Gasteiger partial charge on any atom is -0.449 e. The van der Waals surface area contributed by atoms with Crippen molar-refractivity contribution in [3.05, 3.63) is 24.3 Å². The van der Waals surface area contributed by atoms with Crippen LogP contribution < -0.4 is 10.1 Å². The molecule has 0 spiro atoms. The number of amides is 1. The Hall–Kier alpha value is -1.63. The van der Waals surface area contributed by atoms with E-state index in [2.05, 4.69) is 10.1 Å². The van der Waals surface area contributed by atoms with Crippen LogP contribution in [0.25, 0.3) is 0 Å². The van der Waals surface area contributed by atoms with E-state index >= 15 is 0 Å². The maximum Gasteiger partial charge on any atom is 0.573 e. The van der Waals surface area contributed by atoms with Crippen LogP contribution >= 0.6 is 11.6 Å². The van der Waals surface area contributed by atoms with E-state index in [4.69, 9.17) is 16.3 Å². The Balaban J connectivity index is 2.46. The zero-order valence-electron chi connectivity index (χ0n) is 9.67. The lowest BCUT2D eigenvalue weighted by Gasteiger charge is -2.10. The summed E-state index contributed by atoms with van der Waals surface area (Å²) in [5, 5.41) is 2.35. The number of ether oxygens (including phenoxy) is 2. The average Bonchev–Trinajstić information content (AvgIpc) is 2.30. The number of hydrogen-bond donors (Lipinski definition) is 1. The Morgan fingerprint density at radius 3 is 2.42 bits per heavy atom. The van der Waals surface area contributed by atoms with Crippen molar-refractivity contribution in [3.8, 4) is 5.75 Å². The van der Waals surface area contributed by atoms with E-state index < -0.39 is 12.5 Å². The number of alkyl halides is 4. The SMILES string of the molecule is O=C(Nc1ccc(OC(F)(F)F)cc1)OCCCCl. The summed E-state index contributed by atoms with van der Waals surface area (Å²) in [6.07, 6.45) is -4.92. The number of hydrogen-bond acceptors (Lipinski definition) is 3. The molecule has 0 fully saturated rings. The number of anilines is 1. The number of benzene rings is 1. The van der Waals surface area contributed by atoms with E-state index in [1.807, 2.05) is 0 Å². The maximum absolute atomic E-state index is 11.9. The van der Waals surface area contributed by atoms with Crippen LogP contribution in [0.3, 0.4) is 0 Å². The minimum absolute atomic E-state index is 0.171. The second kappa shape index (κ2) is 7.08. The molecule has 1 N–H and O–H groups in total. The fraction of sp³-hybridized carbons (Fsp3) is 0.364. The van der Waals surface area contributed by atoms with Crippen molar-refractivity contribution in [2.24, 2.45) is 0 Å². The lowest BCUT2D eigenvalue weighted by atomic mass is 10.3. The van der Waals surface area contributed by atoms with E-state index in [1.54, 1.807) is 0 Å². The molecule has 0 aliphatic heterocycles. The molecule has 19 heavy (non-hydrogen) atoms. The molecule has 0 radical (unpaired) electrons. The van der Waals surface area contributed by atoms with Gasteiger partial charge in [0.1, 0.15) is 5.75 Å². The Labute approximate surface area is 112 Å². The number of nitrogens with one attached hydrogen (secondary N) is 1. The lowest BCUT2D eigenvalue weighted by molar-refractivity contribution is -0.274. The topological polar surface area (TPSA) is 47.6 Å². The summed E-state index contributed by atoms with van der Waals surface area (Å²) < 4.78 is 44.1. The van der Waals surface area contributed by atoms with E-state index in [9.17, 15) is 18.0 Å². The van der Waals surface area contributed by atoms with E-state index in [-0.39, 0.29) is 12.4 Å². The molecule has 0 unspecified atom stereocenters. The summed E-state index contributed by atoms with van der Waals surface area (Å²) >= 11 is 5.40. The molecule has 0 saturated heterocycles. The van der Waals surface area contributed by atoms with Crippen molar-refractivity contribution in [2.75, 3.05) is 17.8 Å². The van der Waals surface area contributed by atoms with Gasteiger partial charge in [0, 0.05) is 11.6 Å². The fourth-order valence-corrected chi connectivity index (χ4v) is 1.22. The molecular formula is C11H11ClF3NO3. The van der Waals surface area contributed by atoms with Gasteiger partial charge in [-0.15, -0.1) is 24.8 Å². The van der Waals surface area contributed by atoms with Gasteiger partial charge < -0.3 is 9.47 Å². The Kier molecular flexibility index (Phi) is 5.75. The van der Waals surface area contributed by atoms with Crippen molar-refractivity contribution < 1.29 is 27.4 Å².